The van der Waals surface area contributed by atoms with E-state index in [1.165, 1.54) is 38.5 Å². The summed E-state index contributed by atoms with van der Waals surface area (Å²) in [6.45, 7) is 3.19. The van der Waals surface area contributed by atoms with E-state index in [-0.39, 0.29) is 11.3 Å². The van der Waals surface area contributed by atoms with Crippen LogP contribution in [0.25, 0.3) is 0 Å². The average Bonchev–Trinajstić information content (AvgIpc) is 2.61. The molecular weight excluding hydrogens is 360 g/mol. The number of anilines is 2. The van der Waals surface area contributed by atoms with Crippen LogP contribution in [-0.4, -0.2) is 32.2 Å². The van der Waals surface area contributed by atoms with E-state index in [4.69, 9.17) is 16.3 Å². The maximum atomic E-state index is 12.8. The highest BCUT2D eigenvalue weighted by molar-refractivity contribution is 6.33. The van der Waals surface area contributed by atoms with Crippen molar-refractivity contribution in [3.05, 3.63) is 23.2 Å². The van der Waals surface area contributed by atoms with Gasteiger partial charge in [0.15, 0.2) is 0 Å². The third kappa shape index (κ3) is 3.58. The van der Waals surface area contributed by atoms with Crippen molar-refractivity contribution in [3.63, 3.8) is 0 Å². The fourth-order valence-corrected chi connectivity index (χ4v) is 7.00. The predicted octanol–water partition coefficient (Wildman–Crippen LogP) is 4.72. The van der Waals surface area contributed by atoms with E-state index in [9.17, 15) is 4.79 Å². The summed E-state index contributed by atoms with van der Waals surface area (Å²) >= 11 is 6.51. The molecule has 0 unspecified atom stereocenters. The van der Waals surface area contributed by atoms with Gasteiger partial charge >= 0.3 is 0 Å². The van der Waals surface area contributed by atoms with Gasteiger partial charge in [-0.3, -0.25) is 4.79 Å². The summed E-state index contributed by atoms with van der Waals surface area (Å²) in [5.41, 5.74) is 2.11. The largest absolute Gasteiger partial charge is 0.378 e. The molecule has 4 saturated carbocycles. The van der Waals surface area contributed by atoms with Crippen molar-refractivity contribution >= 4 is 28.9 Å². The van der Waals surface area contributed by atoms with Crippen molar-refractivity contribution in [1.82, 2.24) is 0 Å². The first-order valence-electron chi connectivity index (χ1n) is 10.5. The monoisotopic (exact) mass is 388 g/mol. The number of nitrogens with one attached hydrogen (secondary N) is 1. The van der Waals surface area contributed by atoms with Crippen LogP contribution in [-0.2, 0) is 9.53 Å². The number of morpholine rings is 1. The van der Waals surface area contributed by atoms with Crippen LogP contribution in [0.5, 0.6) is 0 Å². The highest BCUT2D eigenvalue weighted by Crippen LogP contribution is 2.61. The minimum Gasteiger partial charge on any atom is -0.378 e. The van der Waals surface area contributed by atoms with Crippen molar-refractivity contribution < 1.29 is 9.53 Å². The molecule has 4 nitrogen and oxygen atoms in total. The Balaban J connectivity index is 1.24. The molecule has 1 amide bonds. The lowest BCUT2D eigenvalue weighted by Gasteiger charge is -2.56. The topological polar surface area (TPSA) is 41.6 Å². The molecule has 0 atom stereocenters. The number of hydrogen-bond acceptors (Lipinski definition) is 3. The highest BCUT2D eigenvalue weighted by atomic mass is 35.5. The Kier molecular flexibility index (Phi) is 4.60. The molecule has 1 aliphatic heterocycles. The normalized spacial score (nSPS) is 34.7. The predicted molar refractivity (Wildman–Crippen MR) is 108 cm³/mol. The first-order chi connectivity index (χ1) is 13.1. The van der Waals surface area contributed by atoms with Crippen molar-refractivity contribution in [2.45, 2.75) is 44.9 Å². The average molecular weight is 389 g/mol. The maximum Gasteiger partial charge on any atom is 0.224 e. The van der Waals surface area contributed by atoms with Crippen molar-refractivity contribution in [1.29, 1.82) is 0 Å². The van der Waals surface area contributed by atoms with E-state index in [0.29, 0.717) is 11.4 Å². The minimum absolute atomic E-state index is 0.159. The summed E-state index contributed by atoms with van der Waals surface area (Å²) in [4.78, 5) is 15.1. The molecule has 1 aromatic carbocycles. The molecule has 5 aliphatic rings. The second-order valence-electron chi connectivity index (χ2n) is 9.41. The molecule has 1 N–H and O–H groups in total. The molecule has 5 heteroatoms. The lowest BCUT2D eigenvalue weighted by Crippen LogP contribution is -2.47. The lowest BCUT2D eigenvalue weighted by molar-refractivity contribution is -0.124. The van der Waals surface area contributed by atoms with Gasteiger partial charge in [-0.05, 0) is 79.9 Å². The zero-order valence-corrected chi connectivity index (χ0v) is 16.6. The number of halogens is 1. The van der Waals surface area contributed by atoms with Gasteiger partial charge in [0.05, 0.1) is 23.9 Å². The van der Waals surface area contributed by atoms with Gasteiger partial charge in [0, 0.05) is 25.2 Å². The molecule has 1 aromatic rings. The molecule has 5 fully saturated rings. The molecule has 4 aliphatic carbocycles. The molecule has 0 radical (unpaired) electrons. The van der Waals surface area contributed by atoms with Gasteiger partial charge in [-0.25, -0.2) is 0 Å². The van der Waals surface area contributed by atoms with Gasteiger partial charge in [-0.2, -0.15) is 0 Å². The Hall–Kier alpha value is -1.26. The fraction of sp³-hybridized carbons (Fsp3) is 0.682. The van der Waals surface area contributed by atoms with Gasteiger partial charge in [-0.15, -0.1) is 0 Å². The van der Waals surface area contributed by atoms with Crippen LogP contribution in [0, 0.1) is 23.2 Å². The van der Waals surface area contributed by atoms with Gasteiger partial charge < -0.3 is 15.0 Å². The molecule has 27 heavy (non-hydrogen) atoms. The number of nitrogens with zero attached hydrogens (tertiary/aromatic N) is 1. The Morgan fingerprint density at radius 3 is 2.33 bits per heavy atom. The summed E-state index contributed by atoms with van der Waals surface area (Å²) in [6, 6.07) is 5.90. The number of carbonyl (C=O) groups excluding carboxylic acids is 1. The van der Waals surface area contributed by atoms with E-state index >= 15 is 0 Å². The number of benzene rings is 1. The summed E-state index contributed by atoms with van der Waals surface area (Å²) in [5, 5.41) is 3.82. The molecule has 0 spiro atoms. The van der Waals surface area contributed by atoms with Crippen LogP contribution >= 0.6 is 11.6 Å². The Bertz CT molecular complexity index is 694. The second-order valence-corrected chi connectivity index (χ2v) is 9.82. The first kappa shape index (κ1) is 17.8. The maximum absolute atomic E-state index is 12.8. The van der Waals surface area contributed by atoms with E-state index in [1.807, 2.05) is 18.2 Å². The molecule has 0 aromatic heterocycles. The van der Waals surface area contributed by atoms with E-state index in [2.05, 4.69) is 10.2 Å². The number of ether oxygens (including phenoxy) is 1. The number of amides is 1. The minimum atomic E-state index is 0.159. The smallest absolute Gasteiger partial charge is 0.224 e. The van der Waals surface area contributed by atoms with Crippen LogP contribution < -0.4 is 10.2 Å². The molecule has 146 valence electrons. The summed E-state index contributed by atoms with van der Waals surface area (Å²) in [7, 11) is 0. The van der Waals surface area contributed by atoms with Crippen molar-refractivity contribution in [2.75, 3.05) is 36.5 Å². The Morgan fingerprint density at radius 2 is 1.74 bits per heavy atom. The molecule has 4 bridgehead atoms. The van der Waals surface area contributed by atoms with Crippen LogP contribution in [0.4, 0.5) is 11.4 Å². The number of hydrogen-bond donors (Lipinski definition) is 1. The van der Waals surface area contributed by atoms with Crippen LogP contribution in [0.3, 0.4) is 0 Å². The lowest BCUT2D eigenvalue weighted by atomic mass is 9.49. The highest BCUT2D eigenvalue weighted by Gasteiger charge is 2.51. The molecule has 6 rings (SSSR count). The summed E-state index contributed by atoms with van der Waals surface area (Å²) in [5.74, 6) is 2.80. The third-order valence-electron chi connectivity index (χ3n) is 7.28. The van der Waals surface area contributed by atoms with Gasteiger partial charge in [0.2, 0.25) is 5.91 Å². The molecule has 1 heterocycles. The van der Waals surface area contributed by atoms with Crippen molar-refractivity contribution in [2.24, 2.45) is 23.2 Å². The van der Waals surface area contributed by atoms with Crippen molar-refractivity contribution in [3.8, 4) is 0 Å². The van der Waals surface area contributed by atoms with Gasteiger partial charge in [-0.1, -0.05) is 11.6 Å². The van der Waals surface area contributed by atoms with E-state index < -0.39 is 0 Å². The van der Waals surface area contributed by atoms with Gasteiger partial charge in [0.25, 0.3) is 0 Å². The quantitative estimate of drug-likeness (QED) is 0.811. The zero-order valence-electron chi connectivity index (χ0n) is 15.9. The van der Waals surface area contributed by atoms with Crippen LogP contribution in [0.2, 0.25) is 5.02 Å². The standard InChI is InChI=1S/C22H29ClN2O2/c23-19-10-18(1-2-20(19)25-3-5-27-6-4-25)24-21(26)14-22-11-15-7-16(12-22)9-17(8-15)13-22/h1-2,10,15-17H,3-9,11-14H2,(H,24,26). The van der Waals surface area contributed by atoms with Crippen LogP contribution in [0.15, 0.2) is 18.2 Å². The van der Waals surface area contributed by atoms with Gasteiger partial charge in [0.1, 0.15) is 0 Å². The second kappa shape index (κ2) is 6.97. The van der Waals surface area contributed by atoms with Crippen LogP contribution in [0.1, 0.15) is 44.9 Å². The number of carbonyl (C=O) groups is 1. The fourth-order valence-electron chi connectivity index (χ4n) is 6.70. The molecule has 1 saturated heterocycles. The third-order valence-corrected chi connectivity index (χ3v) is 7.59. The first-order valence-corrected chi connectivity index (χ1v) is 10.9. The summed E-state index contributed by atoms with van der Waals surface area (Å²) in [6.07, 6.45) is 8.73. The zero-order chi connectivity index (χ0) is 18.4. The molecular formula is C22H29ClN2O2. The Morgan fingerprint density at radius 1 is 1.11 bits per heavy atom. The SMILES string of the molecule is O=C(CC12CC3CC(CC(C3)C1)C2)Nc1ccc(N2CCOCC2)c(Cl)c1. The number of rotatable bonds is 4. The van der Waals surface area contributed by atoms with E-state index in [1.54, 1.807) is 0 Å². The summed E-state index contributed by atoms with van der Waals surface area (Å²) < 4.78 is 5.41. The van der Waals surface area contributed by atoms with E-state index in [0.717, 1.165) is 55.4 Å². The Labute approximate surface area is 166 Å².